The zero-order valence-corrected chi connectivity index (χ0v) is 16.3. The Morgan fingerprint density at radius 2 is 1.79 bits per heavy atom. The summed E-state index contributed by atoms with van der Waals surface area (Å²) in [7, 11) is 1.65. The third-order valence-corrected chi connectivity index (χ3v) is 5.51. The van der Waals surface area contributed by atoms with Crippen LogP contribution in [-0.2, 0) is 0 Å². The standard InChI is InChI=1S/C23H20N2O2S/c1-27-20-13-11-17(12-14-20)16-7-9-18(10-8-16)22(26)25-23-24-21-6-4-2-3-5-19(21)15-28-23/h2-3,5-14H,4,15H2,1H3,(H,24,25,26). The van der Waals surface area contributed by atoms with Gasteiger partial charge in [0.05, 0.1) is 12.8 Å². The van der Waals surface area contributed by atoms with Crippen molar-refractivity contribution in [3.63, 3.8) is 0 Å². The van der Waals surface area contributed by atoms with Gasteiger partial charge in [0.15, 0.2) is 5.17 Å². The molecule has 2 aromatic rings. The predicted molar refractivity (Wildman–Crippen MR) is 116 cm³/mol. The monoisotopic (exact) mass is 388 g/mol. The smallest absolute Gasteiger partial charge is 0.257 e. The molecule has 2 aliphatic rings. The highest BCUT2D eigenvalue weighted by Crippen LogP contribution is 2.27. The number of fused-ring (bicyclic) bond motifs is 1. The number of hydrogen-bond donors (Lipinski definition) is 1. The van der Waals surface area contributed by atoms with E-state index in [9.17, 15) is 4.79 Å². The molecule has 28 heavy (non-hydrogen) atoms. The van der Waals surface area contributed by atoms with E-state index >= 15 is 0 Å². The van der Waals surface area contributed by atoms with E-state index in [1.807, 2.05) is 48.5 Å². The summed E-state index contributed by atoms with van der Waals surface area (Å²) in [6.07, 6.45) is 9.19. The minimum absolute atomic E-state index is 0.146. The first-order valence-corrected chi connectivity index (χ1v) is 10.0. The molecule has 2 aromatic carbocycles. The summed E-state index contributed by atoms with van der Waals surface area (Å²) in [5, 5.41) is 3.58. The molecule has 0 saturated heterocycles. The summed E-state index contributed by atoms with van der Waals surface area (Å²) in [5.74, 6) is 1.49. The lowest BCUT2D eigenvalue weighted by atomic mass is 10.0. The molecule has 4 rings (SSSR count). The number of nitrogens with one attached hydrogen (secondary N) is 1. The molecule has 0 fully saturated rings. The minimum atomic E-state index is -0.146. The second-order valence-corrected chi connectivity index (χ2v) is 7.37. The average molecular weight is 388 g/mol. The molecule has 0 bridgehead atoms. The van der Waals surface area contributed by atoms with Gasteiger partial charge in [-0.1, -0.05) is 60.3 Å². The number of aliphatic imine (C=N–C) groups is 1. The maximum atomic E-state index is 12.6. The summed E-state index contributed by atoms with van der Waals surface area (Å²) in [5.41, 5.74) is 4.88. The molecule has 0 spiro atoms. The third kappa shape index (κ3) is 4.10. The minimum Gasteiger partial charge on any atom is -0.497 e. The van der Waals surface area contributed by atoms with Crippen molar-refractivity contribution >= 4 is 22.8 Å². The lowest BCUT2D eigenvalue weighted by Crippen LogP contribution is -2.30. The molecule has 4 nitrogen and oxygen atoms in total. The molecule has 0 aromatic heterocycles. The van der Waals surface area contributed by atoms with Crippen LogP contribution in [0.1, 0.15) is 16.8 Å². The van der Waals surface area contributed by atoms with Crippen molar-refractivity contribution in [3.05, 3.63) is 89.7 Å². The fraction of sp³-hybridized carbons (Fsp3) is 0.130. The Labute approximate surface area is 168 Å². The highest BCUT2D eigenvalue weighted by Gasteiger charge is 2.17. The van der Waals surface area contributed by atoms with E-state index < -0.39 is 0 Å². The Bertz CT molecular complexity index is 1000. The number of methoxy groups -OCH3 is 1. The zero-order chi connectivity index (χ0) is 19.3. The summed E-state index contributed by atoms with van der Waals surface area (Å²) in [4.78, 5) is 17.2. The lowest BCUT2D eigenvalue weighted by Gasteiger charge is -2.17. The van der Waals surface area contributed by atoms with Crippen molar-refractivity contribution in [2.75, 3.05) is 12.9 Å². The van der Waals surface area contributed by atoms with Gasteiger partial charge in [0, 0.05) is 11.3 Å². The number of hydrogen-bond acceptors (Lipinski definition) is 4. The van der Waals surface area contributed by atoms with Crippen LogP contribution in [-0.4, -0.2) is 23.9 Å². The molecule has 1 amide bonds. The Morgan fingerprint density at radius 3 is 2.50 bits per heavy atom. The van der Waals surface area contributed by atoms with E-state index in [1.54, 1.807) is 18.9 Å². The van der Waals surface area contributed by atoms with Gasteiger partial charge in [-0.2, -0.15) is 0 Å². The van der Waals surface area contributed by atoms with Crippen LogP contribution in [0, 0.1) is 0 Å². The van der Waals surface area contributed by atoms with Crippen LogP contribution >= 0.6 is 11.8 Å². The molecule has 5 heteroatoms. The summed E-state index contributed by atoms with van der Waals surface area (Å²) < 4.78 is 5.19. The van der Waals surface area contributed by atoms with Gasteiger partial charge in [-0.15, -0.1) is 0 Å². The van der Waals surface area contributed by atoms with Crippen LogP contribution < -0.4 is 10.1 Å². The first-order valence-electron chi connectivity index (χ1n) is 9.06. The number of amidine groups is 1. The predicted octanol–water partition coefficient (Wildman–Crippen LogP) is 4.97. The molecule has 1 heterocycles. The number of carbonyl (C=O) groups is 1. The van der Waals surface area contributed by atoms with Crippen LogP contribution in [0.15, 0.2) is 89.1 Å². The number of ether oxygens (including phenoxy) is 1. The first kappa shape index (κ1) is 18.3. The molecular weight excluding hydrogens is 368 g/mol. The number of carbonyl (C=O) groups excluding carboxylic acids is 1. The van der Waals surface area contributed by atoms with E-state index in [0.29, 0.717) is 10.7 Å². The second-order valence-electron chi connectivity index (χ2n) is 6.41. The maximum absolute atomic E-state index is 12.6. The van der Waals surface area contributed by atoms with E-state index in [1.165, 1.54) is 5.57 Å². The van der Waals surface area contributed by atoms with Gasteiger partial charge >= 0.3 is 0 Å². The summed E-state index contributed by atoms with van der Waals surface area (Å²) in [6, 6.07) is 15.4. The maximum Gasteiger partial charge on any atom is 0.257 e. The van der Waals surface area contributed by atoms with Crippen molar-refractivity contribution in [2.24, 2.45) is 4.99 Å². The van der Waals surface area contributed by atoms with Crippen LogP contribution in [0.4, 0.5) is 0 Å². The Kier molecular flexibility index (Phi) is 5.44. The van der Waals surface area contributed by atoms with Crippen LogP contribution in [0.5, 0.6) is 5.75 Å². The number of nitrogens with zero attached hydrogens (tertiary/aromatic N) is 1. The molecule has 0 saturated carbocycles. The highest BCUT2D eigenvalue weighted by molar-refractivity contribution is 8.14. The van der Waals surface area contributed by atoms with Gasteiger partial charge < -0.3 is 10.1 Å². The topological polar surface area (TPSA) is 50.7 Å². The molecule has 1 N–H and O–H groups in total. The molecular formula is C23H20N2O2S. The molecule has 1 aliphatic carbocycles. The quantitative estimate of drug-likeness (QED) is 0.808. The van der Waals surface area contributed by atoms with Crippen LogP contribution in [0.3, 0.4) is 0 Å². The number of benzene rings is 2. The van der Waals surface area contributed by atoms with Crippen LogP contribution in [0.25, 0.3) is 11.1 Å². The Balaban J connectivity index is 1.46. The first-order chi connectivity index (χ1) is 13.7. The van der Waals surface area contributed by atoms with Crippen molar-refractivity contribution < 1.29 is 9.53 Å². The van der Waals surface area contributed by atoms with Gasteiger partial charge in [0.25, 0.3) is 5.91 Å². The molecule has 0 atom stereocenters. The highest BCUT2D eigenvalue weighted by atomic mass is 32.2. The second kappa shape index (κ2) is 8.31. The van der Waals surface area contributed by atoms with E-state index in [0.717, 1.165) is 34.7 Å². The summed E-state index contributed by atoms with van der Waals surface area (Å²) in [6.45, 7) is 0. The lowest BCUT2D eigenvalue weighted by molar-refractivity contribution is 0.0978. The largest absolute Gasteiger partial charge is 0.497 e. The van der Waals surface area contributed by atoms with Crippen molar-refractivity contribution in [1.82, 2.24) is 5.32 Å². The third-order valence-electron chi connectivity index (χ3n) is 4.59. The zero-order valence-electron chi connectivity index (χ0n) is 15.5. The molecule has 0 unspecified atom stereocenters. The van der Waals surface area contributed by atoms with E-state index in [-0.39, 0.29) is 5.91 Å². The van der Waals surface area contributed by atoms with E-state index in [4.69, 9.17) is 4.74 Å². The average Bonchev–Trinajstić information content (AvgIpc) is 2.99. The van der Waals surface area contributed by atoms with Gasteiger partial charge in [0.1, 0.15) is 5.75 Å². The van der Waals surface area contributed by atoms with Gasteiger partial charge in [0.2, 0.25) is 0 Å². The number of thioether (sulfide) groups is 1. The molecule has 1 aliphatic heterocycles. The fourth-order valence-electron chi connectivity index (χ4n) is 3.02. The number of amides is 1. The normalized spacial score (nSPS) is 15.5. The Morgan fingerprint density at radius 1 is 1.07 bits per heavy atom. The van der Waals surface area contributed by atoms with Gasteiger partial charge in [-0.25, -0.2) is 4.99 Å². The van der Waals surface area contributed by atoms with Gasteiger partial charge in [-0.3, -0.25) is 4.79 Å². The summed E-state index contributed by atoms with van der Waals surface area (Å²) >= 11 is 1.55. The van der Waals surface area contributed by atoms with Crippen molar-refractivity contribution in [3.8, 4) is 16.9 Å². The SMILES string of the molecule is COc1ccc(-c2ccc(C(=O)NC3=NC4=CCC=CC=C4CS3)cc2)cc1. The van der Waals surface area contributed by atoms with E-state index in [2.05, 4.69) is 34.6 Å². The van der Waals surface area contributed by atoms with Crippen molar-refractivity contribution in [2.45, 2.75) is 6.42 Å². The number of allylic oxidation sites excluding steroid dienone is 5. The molecule has 0 radical (unpaired) electrons. The van der Waals surface area contributed by atoms with Crippen LogP contribution in [0.2, 0.25) is 0 Å². The fourth-order valence-corrected chi connectivity index (χ4v) is 3.88. The Hall–Kier alpha value is -3.05. The molecule has 140 valence electrons. The number of rotatable bonds is 3. The van der Waals surface area contributed by atoms with Crippen molar-refractivity contribution in [1.29, 1.82) is 0 Å². The van der Waals surface area contributed by atoms with Gasteiger partial charge in [-0.05, 0) is 47.4 Å².